The second-order valence-electron chi connectivity index (χ2n) is 4.96. The number of unbranched alkanes of at least 4 members (excludes halogenated alkanes) is 2. The van der Waals surface area contributed by atoms with Crippen LogP contribution in [0.4, 0.5) is 0 Å². The molecule has 0 fully saturated rings. The normalized spacial score (nSPS) is 13.0. The lowest BCUT2D eigenvalue weighted by atomic mass is 10.2. The minimum Gasteiger partial charge on any atom is -0.311 e. The zero-order valence-corrected chi connectivity index (χ0v) is 13.6. The summed E-state index contributed by atoms with van der Waals surface area (Å²) in [6.45, 7) is 2.15. The molecule has 0 aromatic carbocycles. The van der Waals surface area contributed by atoms with Crippen molar-refractivity contribution in [1.82, 2.24) is 18.7 Å². The van der Waals surface area contributed by atoms with Gasteiger partial charge in [0.15, 0.2) is 11.2 Å². The molecule has 0 aliphatic heterocycles. The van der Waals surface area contributed by atoms with Crippen molar-refractivity contribution >= 4 is 27.1 Å². The Bertz CT molecular complexity index is 728. The lowest BCUT2D eigenvalue weighted by Crippen LogP contribution is -2.37. The van der Waals surface area contributed by atoms with Gasteiger partial charge in [0.1, 0.15) is 0 Å². The molecular formula is C13H19BrN4O2. The molecule has 2 aromatic heterocycles. The number of imidazole rings is 1. The van der Waals surface area contributed by atoms with E-state index in [1.54, 1.807) is 13.4 Å². The number of hydrogen-bond acceptors (Lipinski definition) is 3. The molecule has 20 heavy (non-hydrogen) atoms. The van der Waals surface area contributed by atoms with Crippen molar-refractivity contribution < 1.29 is 0 Å². The lowest BCUT2D eigenvalue weighted by molar-refractivity contribution is 0.583. The first-order valence-corrected chi connectivity index (χ1v) is 7.67. The van der Waals surface area contributed by atoms with Crippen LogP contribution in [0, 0.1) is 0 Å². The van der Waals surface area contributed by atoms with Gasteiger partial charge in [0, 0.05) is 14.1 Å². The molecule has 0 amide bonds. The van der Waals surface area contributed by atoms with E-state index in [0.717, 1.165) is 30.3 Å². The number of alkyl halides is 1. The van der Waals surface area contributed by atoms with E-state index >= 15 is 0 Å². The summed E-state index contributed by atoms with van der Waals surface area (Å²) in [4.78, 5) is 28.4. The van der Waals surface area contributed by atoms with Gasteiger partial charge in [-0.3, -0.25) is 13.9 Å². The van der Waals surface area contributed by atoms with Gasteiger partial charge in [0.05, 0.1) is 11.3 Å². The molecule has 0 saturated carbocycles. The molecule has 1 unspecified atom stereocenters. The number of hydrogen-bond donors (Lipinski definition) is 0. The Labute approximate surface area is 125 Å². The Morgan fingerprint density at radius 1 is 1.25 bits per heavy atom. The molecule has 6 nitrogen and oxygen atoms in total. The average molecular weight is 343 g/mol. The van der Waals surface area contributed by atoms with Gasteiger partial charge in [-0.15, -0.1) is 0 Å². The predicted molar refractivity (Wildman–Crippen MR) is 82.3 cm³/mol. The van der Waals surface area contributed by atoms with Gasteiger partial charge < -0.3 is 4.57 Å². The number of aryl methyl sites for hydroxylation is 1. The largest absolute Gasteiger partial charge is 0.332 e. The minimum atomic E-state index is -0.357. The van der Waals surface area contributed by atoms with Gasteiger partial charge in [0.25, 0.3) is 5.56 Å². The molecule has 0 aliphatic rings. The molecular weight excluding hydrogens is 324 g/mol. The molecule has 2 heterocycles. The molecule has 0 aliphatic carbocycles. The minimum absolute atomic E-state index is 0.0178. The van der Waals surface area contributed by atoms with Gasteiger partial charge in [-0.2, -0.15) is 0 Å². The fourth-order valence-electron chi connectivity index (χ4n) is 2.28. The molecule has 0 saturated heterocycles. The summed E-state index contributed by atoms with van der Waals surface area (Å²) in [6, 6.07) is 0. The van der Waals surface area contributed by atoms with Crippen LogP contribution < -0.4 is 11.2 Å². The van der Waals surface area contributed by atoms with Crippen molar-refractivity contribution in [3.8, 4) is 0 Å². The van der Waals surface area contributed by atoms with Crippen molar-refractivity contribution in [3.05, 3.63) is 27.2 Å². The number of halogens is 1. The second-order valence-corrected chi connectivity index (χ2v) is 6.02. The molecule has 7 heteroatoms. The zero-order chi connectivity index (χ0) is 14.9. The summed E-state index contributed by atoms with van der Waals surface area (Å²) >= 11 is 3.61. The summed E-state index contributed by atoms with van der Waals surface area (Å²) in [5.74, 6) is 0. The number of nitrogens with zero attached hydrogens (tertiary/aromatic N) is 4. The Morgan fingerprint density at radius 2 is 1.95 bits per heavy atom. The van der Waals surface area contributed by atoms with Crippen molar-refractivity contribution in [2.24, 2.45) is 14.1 Å². The summed E-state index contributed by atoms with van der Waals surface area (Å²) in [5.41, 5.74) is 0.233. The molecule has 0 bridgehead atoms. The second kappa shape index (κ2) is 5.95. The van der Waals surface area contributed by atoms with Crippen molar-refractivity contribution in [3.63, 3.8) is 0 Å². The smallest absolute Gasteiger partial charge is 0.311 e. The molecule has 0 spiro atoms. The van der Waals surface area contributed by atoms with E-state index in [9.17, 15) is 9.59 Å². The van der Waals surface area contributed by atoms with Gasteiger partial charge in [-0.25, -0.2) is 9.78 Å². The maximum absolute atomic E-state index is 12.3. The fourth-order valence-corrected chi connectivity index (χ4v) is 2.91. The number of rotatable bonds is 5. The molecule has 2 aromatic rings. The highest BCUT2D eigenvalue weighted by atomic mass is 79.9. The van der Waals surface area contributed by atoms with E-state index in [-0.39, 0.29) is 16.2 Å². The summed E-state index contributed by atoms with van der Waals surface area (Å²) in [7, 11) is 3.11. The Balaban J connectivity index is 2.52. The molecule has 0 N–H and O–H groups in total. The summed E-state index contributed by atoms with van der Waals surface area (Å²) in [6.07, 6.45) is 5.94. The lowest BCUT2D eigenvalue weighted by Gasteiger charge is -2.12. The first kappa shape index (κ1) is 15.0. The maximum atomic E-state index is 12.3. The summed E-state index contributed by atoms with van der Waals surface area (Å²) < 4.78 is 4.33. The Morgan fingerprint density at radius 3 is 2.60 bits per heavy atom. The van der Waals surface area contributed by atoms with E-state index < -0.39 is 0 Å². The van der Waals surface area contributed by atoms with E-state index in [4.69, 9.17) is 0 Å². The predicted octanol–water partition coefficient (Wildman–Crippen LogP) is 1.91. The van der Waals surface area contributed by atoms with E-state index in [1.165, 1.54) is 11.6 Å². The molecule has 0 radical (unpaired) electrons. The molecule has 110 valence electrons. The molecule has 2 rings (SSSR count). The maximum Gasteiger partial charge on any atom is 0.332 e. The quantitative estimate of drug-likeness (QED) is 0.615. The average Bonchev–Trinajstić information content (AvgIpc) is 2.88. The van der Waals surface area contributed by atoms with Crippen molar-refractivity contribution in [2.75, 3.05) is 0 Å². The highest BCUT2D eigenvalue weighted by Gasteiger charge is 2.17. The Kier molecular flexibility index (Phi) is 4.47. The van der Waals surface area contributed by atoms with Gasteiger partial charge >= 0.3 is 5.69 Å². The van der Waals surface area contributed by atoms with Gasteiger partial charge in [-0.05, 0) is 6.42 Å². The van der Waals surface area contributed by atoms with Gasteiger partial charge in [-0.1, -0.05) is 42.1 Å². The van der Waals surface area contributed by atoms with Crippen LogP contribution in [0.15, 0.2) is 15.9 Å². The Hall–Kier alpha value is -1.37. The van der Waals surface area contributed by atoms with Crippen LogP contribution in [-0.4, -0.2) is 18.7 Å². The van der Waals surface area contributed by atoms with E-state index in [0.29, 0.717) is 11.2 Å². The third-order valence-electron chi connectivity index (χ3n) is 3.52. The van der Waals surface area contributed by atoms with Crippen LogP contribution >= 0.6 is 15.9 Å². The van der Waals surface area contributed by atoms with E-state index in [1.807, 2.05) is 4.57 Å². The van der Waals surface area contributed by atoms with Crippen molar-refractivity contribution in [2.45, 2.75) is 37.6 Å². The van der Waals surface area contributed by atoms with Crippen LogP contribution in [0.3, 0.4) is 0 Å². The third kappa shape index (κ3) is 2.46. The van der Waals surface area contributed by atoms with Crippen LogP contribution in [-0.2, 0) is 14.1 Å². The monoisotopic (exact) mass is 342 g/mol. The van der Waals surface area contributed by atoms with Gasteiger partial charge in [0.2, 0.25) is 0 Å². The standard InChI is InChI=1S/C13H19BrN4O2/c1-4-5-6-7-9(14)18-8-15-11-10(18)12(19)17(3)13(20)16(11)2/h8-9H,4-7H2,1-3H3. The van der Waals surface area contributed by atoms with Crippen LogP contribution in [0.2, 0.25) is 0 Å². The fraction of sp³-hybridized carbons (Fsp3) is 0.615. The topological polar surface area (TPSA) is 61.8 Å². The SMILES string of the molecule is CCCCCC(Br)n1cnc2c1c(=O)n(C)c(=O)n2C. The van der Waals surface area contributed by atoms with Crippen molar-refractivity contribution in [1.29, 1.82) is 0 Å². The first-order valence-electron chi connectivity index (χ1n) is 6.75. The van der Waals surface area contributed by atoms with Crippen LogP contribution in [0.5, 0.6) is 0 Å². The van der Waals surface area contributed by atoms with Crippen LogP contribution in [0.1, 0.15) is 37.6 Å². The van der Waals surface area contributed by atoms with E-state index in [2.05, 4.69) is 27.8 Å². The molecule has 1 atom stereocenters. The third-order valence-corrected chi connectivity index (χ3v) is 4.42. The highest BCUT2D eigenvalue weighted by Crippen LogP contribution is 2.25. The van der Waals surface area contributed by atoms with Crippen LogP contribution in [0.25, 0.3) is 11.2 Å². The number of fused-ring (bicyclic) bond motifs is 1. The first-order chi connectivity index (χ1) is 9.49. The zero-order valence-electron chi connectivity index (χ0n) is 12.0. The summed E-state index contributed by atoms with van der Waals surface area (Å²) in [5, 5.41) is 0. The highest BCUT2D eigenvalue weighted by molar-refractivity contribution is 9.09. The number of aromatic nitrogens is 4.